The maximum Gasteiger partial charge on any atom is 0.272 e. The highest BCUT2D eigenvalue weighted by atomic mass is 16.6. The van der Waals surface area contributed by atoms with E-state index in [4.69, 9.17) is 0 Å². The number of aliphatic hydroxyl groups excluding tert-OH is 1. The predicted octanol–water partition coefficient (Wildman–Crippen LogP) is 2.70. The first-order chi connectivity index (χ1) is 9.49. The molecule has 2 fully saturated rings. The molecule has 1 N–H and O–H groups in total. The lowest BCUT2D eigenvalue weighted by Gasteiger charge is -2.40. The van der Waals surface area contributed by atoms with Gasteiger partial charge in [-0.05, 0) is 51.2 Å². The van der Waals surface area contributed by atoms with Crippen LogP contribution in [0.25, 0.3) is 0 Å². The van der Waals surface area contributed by atoms with E-state index in [2.05, 4.69) is 4.90 Å². The van der Waals surface area contributed by atoms with Gasteiger partial charge in [-0.25, -0.2) is 0 Å². The van der Waals surface area contributed by atoms with Gasteiger partial charge in [-0.15, -0.1) is 0 Å². The molecule has 2 saturated heterocycles. The molecule has 0 unspecified atom stereocenters. The third kappa shape index (κ3) is 1.97. The number of fused-ring (bicyclic) bond motifs is 2. The van der Waals surface area contributed by atoms with Crippen LogP contribution in [-0.4, -0.2) is 28.2 Å². The van der Waals surface area contributed by atoms with Gasteiger partial charge in [0.15, 0.2) is 0 Å². The fourth-order valence-corrected chi connectivity index (χ4v) is 3.81. The SMILES string of the molecule is Cc1c(N2[C@@H]3CC[C@H]2C[C@@H](O)C3)ccc([N+](=O)[O-])c1C. The molecular weight excluding hydrogens is 256 g/mol. The van der Waals surface area contributed by atoms with Crippen LogP contribution in [0.15, 0.2) is 12.1 Å². The van der Waals surface area contributed by atoms with Crippen molar-refractivity contribution < 1.29 is 10.0 Å². The Kier molecular flexibility index (Phi) is 3.17. The summed E-state index contributed by atoms with van der Waals surface area (Å²) in [5, 5.41) is 20.9. The molecule has 5 heteroatoms. The largest absolute Gasteiger partial charge is 0.393 e. The van der Waals surface area contributed by atoms with Gasteiger partial charge >= 0.3 is 0 Å². The van der Waals surface area contributed by atoms with Crippen LogP contribution in [-0.2, 0) is 0 Å². The molecule has 2 aliphatic heterocycles. The molecule has 2 heterocycles. The Balaban J connectivity index is 2.00. The Labute approximate surface area is 118 Å². The number of nitrogens with zero attached hydrogens (tertiary/aromatic N) is 2. The average Bonchev–Trinajstić information content (AvgIpc) is 2.65. The van der Waals surface area contributed by atoms with Crippen LogP contribution in [0.3, 0.4) is 0 Å². The molecule has 1 aromatic carbocycles. The highest BCUT2D eigenvalue weighted by Gasteiger charge is 2.41. The molecule has 0 aliphatic carbocycles. The van der Waals surface area contributed by atoms with Crippen LogP contribution in [0.5, 0.6) is 0 Å². The lowest BCUT2D eigenvalue weighted by Crippen LogP contribution is -2.45. The van der Waals surface area contributed by atoms with Gasteiger partial charge in [-0.1, -0.05) is 0 Å². The second-order valence-electron chi connectivity index (χ2n) is 6.03. The summed E-state index contributed by atoms with van der Waals surface area (Å²) in [6, 6.07) is 4.25. The zero-order valence-electron chi connectivity index (χ0n) is 11.9. The second-order valence-corrected chi connectivity index (χ2v) is 6.03. The molecule has 0 radical (unpaired) electrons. The van der Waals surface area contributed by atoms with E-state index in [9.17, 15) is 15.2 Å². The lowest BCUT2D eigenvalue weighted by molar-refractivity contribution is -0.385. The number of aliphatic hydroxyl groups is 1. The maximum absolute atomic E-state index is 11.0. The van der Waals surface area contributed by atoms with Gasteiger partial charge in [0, 0.05) is 29.4 Å². The smallest absolute Gasteiger partial charge is 0.272 e. The number of nitro benzene ring substituents is 1. The van der Waals surface area contributed by atoms with E-state index in [-0.39, 0.29) is 16.7 Å². The van der Waals surface area contributed by atoms with Gasteiger partial charge in [0.05, 0.1) is 11.0 Å². The monoisotopic (exact) mass is 276 g/mol. The first kappa shape index (κ1) is 13.4. The Morgan fingerprint density at radius 1 is 1.20 bits per heavy atom. The Morgan fingerprint density at radius 2 is 1.80 bits per heavy atom. The minimum atomic E-state index is -0.319. The van der Waals surface area contributed by atoms with Gasteiger partial charge in [0.25, 0.3) is 5.69 Å². The van der Waals surface area contributed by atoms with Crippen molar-refractivity contribution >= 4 is 11.4 Å². The summed E-state index contributed by atoms with van der Waals surface area (Å²) in [7, 11) is 0. The normalized spacial score (nSPS) is 28.8. The van der Waals surface area contributed by atoms with Gasteiger partial charge in [0.1, 0.15) is 0 Å². The van der Waals surface area contributed by atoms with E-state index in [1.54, 1.807) is 6.07 Å². The van der Waals surface area contributed by atoms with Crippen molar-refractivity contribution in [3.05, 3.63) is 33.4 Å². The minimum absolute atomic E-state index is 0.190. The van der Waals surface area contributed by atoms with Crippen molar-refractivity contribution in [2.24, 2.45) is 0 Å². The predicted molar refractivity (Wildman–Crippen MR) is 77.1 cm³/mol. The molecule has 20 heavy (non-hydrogen) atoms. The minimum Gasteiger partial charge on any atom is -0.393 e. The van der Waals surface area contributed by atoms with Crippen molar-refractivity contribution in [2.75, 3.05) is 4.90 Å². The summed E-state index contributed by atoms with van der Waals surface area (Å²) in [5.74, 6) is 0. The van der Waals surface area contributed by atoms with Gasteiger partial charge in [-0.3, -0.25) is 10.1 Å². The van der Waals surface area contributed by atoms with E-state index in [0.717, 1.165) is 42.5 Å². The molecule has 2 bridgehead atoms. The second kappa shape index (κ2) is 4.74. The molecule has 3 rings (SSSR count). The Morgan fingerprint density at radius 3 is 2.35 bits per heavy atom. The number of hydrogen-bond acceptors (Lipinski definition) is 4. The Hall–Kier alpha value is -1.62. The van der Waals surface area contributed by atoms with Crippen LogP contribution in [0.1, 0.15) is 36.8 Å². The first-order valence-electron chi connectivity index (χ1n) is 7.20. The standard InChI is InChI=1S/C15H20N2O3/c1-9-10(2)15(17(19)20)6-5-14(9)16-11-3-4-12(16)8-13(18)7-11/h5-6,11-13,18H,3-4,7-8H2,1-2H3/t11-,12+,13+. The van der Waals surface area contributed by atoms with Crippen LogP contribution in [0, 0.1) is 24.0 Å². The van der Waals surface area contributed by atoms with Crippen LogP contribution < -0.4 is 4.90 Å². The lowest BCUT2D eigenvalue weighted by atomic mass is 9.96. The highest BCUT2D eigenvalue weighted by molar-refractivity contribution is 5.63. The number of benzene rings is 1. The summed E-state index contributed by atoms with van der Waals surface area (Å²) < 4.78 is 0. The van der Waals surface area contributed by atoms with Gasteiger partial charge in [0.2, 0.25) is 0 Å². The van der Waals surface area contributed by atoms with Crippen molar-refractivity contribution in [2.45, 2.75) is 57.7 Å². The number of rotatable bonds is 2. The molecular formula is C15H20N2O3. The topological polar surface area (TPSA) is 66.6 Å². The Bertz CT molecular complexity index is 544. The summed E-state index contributed by atoms with van der Waals surface area (Å²) in [6.45, 7) is 3.78. The van der Waals surface area contributed by atoms with Crippen molar-refractivity contribution in [3.8, 4) is 0 Å². The molecule has 2 aliphatic rings. The van der Waals surface area contributed by atoms with Crippen molar-refractivity contribution in [3.63, 3.8) is 0 Å². The number of nitro groups is 1. The molecule has 5 nitrogen and oxygen atoms in total. The fraction of sp³-hybridized carbons (Fsp3) is 0.600. The van der Waals surface area contributed by atoms with Crippen molar-refractivity contribution in [1.29, 1.82) is 0 Å². The van der Waals surface area contributed by atoms with Gasteiger partial charge < -0.3 is 10.0 Å². The van der Waals surface area contributed by atoms with Crippen molar-refractivity contribution in [1.82, 2.24) is 0 Å². The summed E-state index contributed by atoms with van der Waals surface area (Å²) in [4.78, 5) is 13.1. The maximum atomic E-state index is 11.0. The summed E-state index contributed by atoms with van der Waals surface area (Å²) >= 11 is 0. The van der Waals surface area contributed by atoms with E-state index >= 15 is 0 Å². The molecule has 0 aromatic heterocycles. The molecule has 108 valence electrons. The van der Waals surface area contributed by atoms with E-state index in [0.29, 0.717) is 12.1 Å². The molecule has 0 saturated carbocycles. The van der Waals surface area contributed by atoms with E-state index < -0.39 is 0 Å². The molecule has 0 spiro atoms. The first-order valence-corrected chi connectivity index (χ1v) is 7.20. The van der Waals surface area contributed by atoms with Crippen LogP contribution in [0.2, 0.25) is 0 Å². The van der Waals surface area contributed by atoms with Crippen LogP contribution in [0.4, 0.5) is 11.4 Å². The highest BCUT2D eigenvalue weighted by Crippen LogP contribution is 2.42. The number of piperidine rings is 1. The third-order valence-electron chi connectivity index (χ3n) is 4.91. The zero-order valence-corrected chi connectivity index (χ0v) is 11.9. The van der Waals surface area contributed by atoms with Crippen LogP contribution >= 0.6 is 0 Å². The van der Waals surface area contributed by atoms with E-state index in [1.165, 1.54) is 0 Å². The summed E-state index contributed by atoms with van der Waals surface area (Å²) in [5.41, 5.74) is 3.04. The third-order valence-corrected chi connectivity index (χ3v) is 4.91. The summed E-state index contributed by atoms with van der Waals surface area (Å²) in [6.07, 6.45) is 3.65. The quantitative estimate of drug-likeness (QED) is 0.666. The number of anilines is 1. The van der Waals surface area contributed by atoms with E-state index in [1.807, 2.05) is 19.9 Å². The molecule has 0 amide bonds. The fourth-order valence-electron chi connectivity index (χ4n) is 3.81. The zero-order chi connectivity index (χ0) is 14.4. The van der Waals surface area contributed by atoms with Gasteiger partial charge in [-0.2, -0.15) is 0 Å². The number of hydrogen-bond donors (Lipinski definition) is 1. The average molecular weight is 276 g/mol. The molecule has 1 aromatic rings. The molecule has 3 atom stereocenters.